The molecule has 0 aromatic heterocycles. The van der Waals surface area contributed by atoms with E-state index in [9.17, 15) is 9.59 Å². The van der Waals surface area contributed by atoms with E-state index < -0.39 is 0 Å². The van der Waals surface area contributed by atoms with Crippen LogP contribution in [0.4, 0.5) is 0 Å². The van der Waals surface area contributed by atoms with Crippen LogP contribution >= 0.6 is 0 Å². The SMILES string of the molecule is C#CCCC(=O)N1CCCC1C(=O)N1CCNCC1. The smallest absolute Gasteiger partial charge is 0.245 e. The number of hydrogen-bond donors (Lipinski definition) is 1. The van der Waals surface area contributed by atoms with E-state index in [2.05, 4.69) is 11.2 Å². The number of terminal acetylenes is 1. The van der Waals surface area contributed by atoms with Gasteiger partial charge in [-0.2, -0.15) is 0 Å². The highest BCUT2D eigenvalue weighted by Crippen LogP contribution is 2.21. The van der Waals surface area contributed by atoms with Gasteiger partial charge in [0.15, 0.2) is 0 Å². The number of nitrogens with one attached hydrogen (secondary N) is 1. The number of hydrogen-bond acceptors (Lipinski definition) is 3. The van der Waals surface area contributed by atoms with Gasteiger partial charge in [0.05, 0.1) is 0 Å². The average molecular weight is 263 g/mol. The van der Waals surface area contributed by atoms with Crippen molar-refractivity contribution in [2.24, 2.45) is 0 Å². The molecule has 0 saturated carbocycles. The van der Waals surface area contributed by atoms with Crippen LogP contribution in [0.25, 0.3) is 0 Å². The molecule has 5 nitrogen and oxygen atoms in total. The molecule has 1 atom stereocenters. The molecule has 0 spiro atoms. The molecule has 1 N–H and O–H groups in total. The predicted molar refractivity (Wildman–Crippen MR) is 72.3 cm³/mol. The fourth-order valence-corrected chi connectivity index (χ4v) is 2.74. The van der Waals surface area contributed by atoms with Gasteiger partial charge < -0.3 is 15.1 Å². The first-order chi connectivity index (χ1) is 9.24. The van der Waals surface area contributed by atoms with Crippen molar-refractivity contribution in [2.45, 2.75) is 31.7 Å². The minimum Gasteiger partial charge on any atom is -0.338 e. The Hall–Kier alpha value is -1.54. The lowest BCUT2D eigenvalue weighted by atomic mass is 10.1. The summed E-state index contributed by atoms with van der Waals surface area (Å²) in [4.78, 5) is 28.1. The summed E-state index contributed by atoms with van der Waals surface area (Å²) in [5, 5.41) is 3.23. The summed E-state index contributed by atoms with van der Waals surface area (Å²) in [6, 6.07) is -0.261. The molecule has 0 radical (unpaired) electrons. The van der Waals surface area contributed by atoms with Gasteiger partial charge in [-0.05, 0) is 12.8 Å². The molecule has 104 valence electrons. The van der Waals surface area contributed by atoms with Gasteiger partial charge in [0, 0.05) is 45.6 Å². The van der Waals surface area contributed by atoms with Gasteiger partial charge in [0.2, 0.25) is 11.8 Å². The first-order valence-electron chi connectivity index (χ1n) is 6.96. The van der Waals surface area contributed by atoms with Gasteiger partial charge in [-0.15, -0.1) is 12.3 Å². The molecular formula is C14H21N3O2. The molecule has 0 aromatic carbocycles. The molecule has 0 bridgehead atoms. The Morgan fingerprint density at radius 3 is 2.68 bits per heavy atom. The van der Waals surface area contributed by atoms with Crippen LogP contribution in [-0.2, 0) is 9.59 Å². The fourth-order valence-electron chi connectivity index (χ4n) is 2.74. The van der Waals surface area contributed by atoms with Gasteiger partial charge in [-0.1, -0.05) is 0 Å². The molecule has 5 heteroatoms. The molecule has 2 fully saturated rings. The van der Waals surface area contributed by atoms with Crippen LogP contribution in [0.1, 0.15) is 25.7 Å². The number of carbonyl (C=O) groups is 2. The number of carbonyl (C=O) groups excluding carboxylic acids is 2. The lowest BCUT2D eigenvalue weighted by Crippen LogP contribution is -2.53. The third-order valence-electron chi connectivity index (χ3n) is 3.77. The van der Waals surface area contributed by atoms with Crippen molar-refractivity contribution in [3.8, 4) is 12.3 Å². The minimum atomic E-state index is -0.261. The first kappa shape index (κ1) is 13.9. The standard InChI is InChI=1S/C14H21N3O2/c1-2-3-6-13(18)17-9-4-5-12(17)14(19)16-10-7-15-8-11-16/h1,12,15H,3-11H2. The quantitative estimate of drug-likeness (QED) is 0.719. The van der Waals surface area contributed by atoms with Crippen LogP contribution in [0.5, 0.6) is 0 Å². The van der Waals surface area contributed by atoms with Gasteiger partial charge >= 0.3 is 0 Å². The Morgan fingerprint density at radius 1 is 1.26 bits per heavy atom. The van der Waals surface area contributed by atoms with Crippen LogP contribution in [0, 0.1) is 12.3 Å². The molecule has 1 unspecified atom stereocenters. The first-order valence-corrected chi connectivity index (χ1v) is 6.96. The minimum absolute atomic E-state index is 0.0175. The normalized spacial score (nSPS) is 23.2. The van der Waals surface area contributed by atoms with Crippen LogP contribution in [0.3, 0.4) is 0 Å². The monoisotopic (exact) mass is 263 g/mol. The summed E-state index contributed by atoms with van der Waals surface area (Å²) in [6.07, 6.45) is 7.67. The topological polar surface area (TPSA) is 52.7 Å². The van der Waals surface area contributed by atoms with Crippen molar-refractivity contribution in [3.05, 3.63) is 0 Å². The Balaban J connectivity index is 1.95. The van der Waals surface area contributed by atoms with Gasteiger partial charge in [-0.25, -0.2) is 0 Å². The Labute approximate surface area is 114 Å². The Morgan fingerprint density at radius 2 is 2.00 bits per heavy atom. The van der Waals surface area contributed by atoms with E-state index in [1.807, 2.05) is 4.90 Å². The molecule has 0 aromatic rings. The highest BCUT2D eigenvalue weighted by atomic mass is 16.2. The van der Waals surface area contributed by atoms with Crippen molar-refractivity contribution < 1.29 is 9.59 Å². The fraction of sp³-hybridized carbons (Fsp3) is 0.714. The number of amides is 2. The van der Waals surface area contributed by atoms with Crippen LogP contribution in [0.15, 0.2) is 0 Å². The summed E-state index contributed by atoms with van der Waals surface area (Å²) < 4.78 is 0. The summed E-state index contributed by atoms with van der Waals surface area (Å²) >= 11 is 0. The van der Waals surface area contributed by atoms with E-state index in [-0.39, 0.29) is 17.9 Å². The summed E-state index contributed by atoms with van der Waals surface area (Å²) in [6.45, 7) is 3.84. The van der Waals surface area contributed by atoms with Gasteiger partial charge in [-0.3, -0.25) is 9.59 Å². The molecule has 2 rings (SSSR count). The molecular weight excluding hydrogens is 242 g/mol. The molecule has 2 saturated heterocycles. The third kappa shape index (κ3) is 3.27. The van der Waals surface area contributed by atoms with Crippen molar-refractivity contribution >= 4 is 11.8 Å². The second-order valence-electron chi connectivity index (χ2n) is 5.02. The van der Waals surface area contributed by atoms with E-state index in [1.54, 1.807) is 4.90 Å². The molecule has 2 aliphatic heterocycles. The second-order valence-corrected chi connectivity index (χ2v) is 5.02. The average Bonchev–Trinajstić information content (AvgIpc) is 2.94. The highest BCUT2D eigenvalue weighted by Gasteiger charge is 2.36. The third-order valence-corrected chi connectivity index (χ3v) is 3.77. The van der Waals surface area contributed by atoms with E-state index in [4.69, 9.17) is 6.42 Å². The molecule has 2 aliphatic rings. The predicted octanol–water partition coefficient (Wildman–Crippen LogP) is -0.177. The van der Waals surface area contributed by atoms with Crippen molar-refractivity contribution in [2.75, 3.05) is 32.7 Å². The molecule has 19 heavy (non-hydrogen) atoms. The van der Waals surface area contributed by atoms with E-state index in [0.717, 1.165) is 39.0 Å². The maximum Gasteiger partial charge on any atom is 0.245 e. The van der Waals surface area contributed by atoms with Crippen molar-refractivity contribution in [1.29, 1.82) is 0 Å². The summed E-state index contributed by atoms with van der Waals surface area (Å²) in [5.41, 5.74) is 0. The zero-order valence-electron chi connectivity index (χ0n) is 11.2. The summed E-state index contributed by atoms with van der Waals surface area (Å²) in [5.74, 6) is 2.60. The zero-order chi connectivity index (χ0) is 13.7. The largest absolute Gasteiger partial charge is 0.338 e. The zero-order valence-corrected chi connectivity index (χ0v) is 11.2. The van der Waals surface area contributed by atoms with Crippen LogP contribution in [0.2, 0.25) is 0 Å². The number of piperazine rings is 1. The molecule has 0 aliphatic carbocycles. The van der Waals surface area contributed by atoms with Crippen LogP contribution < -0.4 is 5.32 Å². The highest BCUT2D eigenvalue weighted by molar-refractivity contribution is 5.88. The van der Waals surface area contributed by atoms with Gasteiger partial charge in [0.25, 0.3) is 0 Å². The van der Waals surface area contributed by atoms with Gasteiger partial charge in [0.1, 0.15) is 6.04 Å². The van der Waals surface area contributed by atoms with E-state index in [0.29, 0.717) is 19.4 Å². The maximum atomic E-state index is 12.5. The lowest BCUT2D eigenvalue weighted by Gasteiger charge is -2.33. The van der Waals surface area contributed by atoms with Crippen molar-refractivity contribution in [3.63, 3.8) is 0 Å². The van der Waals surface area contributed by atoms with Crippen LogP contribution in [-0.4, -0.2) is 60.4 Å². The Bertz CT molecular complexity index is 383. The molecule has 2 heterocycles. The number of likely N-dealkylation sites (tertiary alicyclic amines) is 1. The van der Waals surface area contributed by atoms with Crippen molar-refractivity contribution in [1.82, 2.24) is 15.1 Å². The Kier molecular flexibility index (Phi) is 4.80. The van der Waals surface area contributed by atoms with E-state index in [1.165, 1.54) is 0 Å². The molecule has 2 amide bonds. The van der Waals surface area contributed by atoms with E-state index >= 15 is 0 Å². The summed E-state index contributed by atoms with van der Waals surface area (Å²) in [7, 11) is 0. The maximum absolute atomic E-state index is 12.5. The number of nitrogens with zero attached hydrogens (tertiary/aromatic N) is 2. The lowest BCUT2D eigenvalue weighted by molar-refractivity contribution is -0.144. The number of rotatable bonds is 3. The second kappa shape index (κ2) is 6.58.